The molecule has 1 aliphatic heterocycles. The number of rotatable bonds is 3. The van der Waals surface area contributed by atoms with Gasteiger partial charge in [-0.2, -0.15) is 10.1 Å². The lowest BCUT2D eigenvalue weighted by Gasteiger charge is -2.10. The van der Waals surface area contributed by atoms with Crippen LogP contribution in [0.3, 0.4) is 0 Å². The van der Waals surface area contributed by atoms with Crippen LogP contribution in [0.25, 0.3) is 11.8 Å². The number of para-hydroxylation sites is 1. The number of halogens is 3. The predicted molar refractivity (Wildman–Crippen MR) is 121 cm³/mol. The van der Waals surface area contributed by atoms with Crippen LogP contribution in [0.4, 0.5) is 5.69 Å². The third-order valence-corrected chi connectivity index (χ3v) is 5.47. The summed E-state index contributed by atoms with van der Waals surface area (Å²) in [6.45, 7) is 3.45. The first-order valence-electron chi connectivity index (χ1n) is 8.91. The summed E-state index contributed by atoms with van der Waals surface area (Å²) < 4.78 is 1.24. The molecule has 0 spiro atoms. The summed E-state index contributed by atoms with van der Waals surface area (Å²) in [6.07, 6.45) is 1.53. The van der Waals surface area contributed by atoms with Crippen molar-refractivity contribution in [2.24, 2.45) is 5.10 Å². The van der Waals surface area contributed by atoms with E-state index in [9.17, 15) is 9.59 Å². The first-order valence-corrected chi connectivity index (χ1v) is 10.0. The van der Waals surface area contributed by atoms with Crippen LogP contribution < -0.4 is 10.6 Å². The fraction of sp³-hybridized carbons (Fsp3) is 0.0952. The van der Waals surface area contributed by atoms with Crippen molar-refractivity contribution in [3.8, 4) is 5.69 Å². The topological polar surface area (TPSA) is 70.5 Å². The van der Waals surface area contributed by atoms with Crippen LogP contribution in [-0.2, 0) is 4.79 Å². The van der Waals surface area contributed by atoms with Gasteiger partial charge in [-0.05, 0) is 44.2 Å². The number of benzene rings is 2. The van der Waals surface area contributed by atoms with Crippen LogP contribution >= 0.6 is 34.8 Å². The van der Waals surface area contributed by atoms with E-state index in [1.165, 1.54) is 27.9 Å². The maximum absolute atomic E-state index is 13.1. The number of hydrogen-bond donors (Lipinski definition) is 1. The van der Waals surface area contributed by atoms with Gasteiger partial charge in [0, 0.05) is 10.7 Å². The third-order valence-electron chi connectivity index (χ3n) is 4.67. The van der Waals surface area contributed by atoms with E-state index in [-0.39, 0.29) is 21.6 Å². The number of nitrogens with one attached hydrogen (secondary N) is 1. The second kappa shape index (κ2) is 7.80. The summed E-state index contributed by atoms with van der Waals surface area (Å²) in [7, 11) is 0. The Bertz CT molecular complexity index is 1270. The molecule has 1 aliphatic rings. The minimum Gasteiger partial charge on any atom is -0.295 e. The number of anilines is 1. The number of aryl methyl sites for hydroxylation is 1. The van der Waals surface area contributed by atoms with Gasteiger partial charge in [-0.3, -0.25) is 14.7 Å². The Balaban J connectivity index is 1.79. The van der Waals surface area contributed by atoms with Crippen LogP contribution in [0.5, 0.6) is 0 Å². The lowest BCUT2D eigenvalue weighted by molar-refractivity contribution is -0.114. The quantitative estimate of drug-likeness (QED) is 0.542. The van der Waals surface area contributed by atoms with Gasteiger partial charge in [0.1, 0.15) is 5.69 Å². The van der Waals surface area contributed by atoms with Gasteiger partial charge in [-0.15, -0.1) is 0 Å². The van der Waals surface area contributed by atoms with Crippen LogP contribution in [0.15, 0.2) is 57.9 Å². The molecule has 2 aromatic carbocycles. The first-order chi connectivity index (χ1) is 14.3. The number of carbonyl (C=O) groups excluding carboxylic acids is 1. The smallest absolute Gasteiger partial charge is 0.280 e. The van der Waals surface area contributed by atoms with Crippen molar-refractivity contribution in [3.63, 3.8) is 0 Å². The third kappa shape index (κ3) is 3.47. The number of hydrazone groups is 1. The van der Waals surface area contributed by atoms with Crippen molar-refractivity contribution < 1.29 is 4.79 Å². The highest BCUT2D eigenvalue weighted by Gasteiger charge is 2.29. The maximum Gasteiger partial charge on any atom is 0.280 e. The molecule has 30 heavy (non-hydrogen) atoms. The number of amides is 1. The molecule has 0 saturated carbocycles. The molecule has 6 nitrogen and oxygen atoms in total. The predicted octanol–water partition coefficient (Wildman–Crippen LogP) is 5.24. The molecule has 0 unspecified atom stereocenters. The second-order valence-electron chi connectivity index (χ2n) is 6.71. The number of H-pyrrole nitrogens is 1. The lowest BCUT2D eigenvalue weighted by Crippen LogP contribution is -2.22. The highest BCUT2D eigenvalue weighted by Crippen LogP contribution is 2.31. The summed E-state index contributed by atoms with van der Waals surface area (Å²) in [5.41, 5.74) is 2.24. The van der Waals surface area contributed by atoms with Crippen LogP contribution in [0, 0.1) is 6.92 Å². The molecule has 1 N–H and O–H groups in total. The van der Waals surface area contributed by atoms with Gasteiger partial charge < -0.3 is 0 Å². The summed E-state index contributed by atoms with van der Waals surface area (Å²) in [5, 5.41) is 9.41. The van der Waals surface area contributed by atoms with Crippen molar-refractivity contribution in [3.05, 3.63) is 84.7 Å². The minimum absolute atomic E-state index is 0.222. The monoisotopic (exact) mass is 460 g/mol. The van der Waals surface area contributed by atoms with E-state index >= 15 is 0 Å². The van der Waals surface area contributed by atoms with E-state index in [4.69, 9.17) is 34.8 Å². The molecule has 2 heterocycles. The Labute approximate surface area is 187 Å². The summed E-state index contributed by atoms with van der Waals surface area (Å²) in [6, 6.07) is 12.1. The zero-order valence-corrected chi connectivity index (χ0v) is 18.2. The molecule has 1 amide bonds. The molecular formula is C21H15Cl3N4O2. The molecule has 9 heteroatoms. The molecule has 4 rings (SSSR count). The lowest BCUT2D eigenvalue weighted by atomic mass is 10.1. The Hall–Kier alpha value is -2.80. The fourth-order valence-corrected chi connectivity index (χ4v) is 4.19. The van der Waals surface area contributed by atoms with Gasteiger partial charge in [-0.25, -0.2) is 4.68 Å². The largest absolute Gasteiger partial charge is 0.295 e. The van der Waals surface area contributed by atoms with Crippen LogP contribution in [0.1, 0.15) is 18.2 Å². The average Bonchev–Trinajstić information content (AvgIpc) is 3.13. The molecule has 1 aromatic heterocycles. The molecule has 0 bridgehead atoms. The van der Waals surface area contributed by atoms with E-state index in [0.717, 1.165) is 0 Å². The van der Waals surface area contributed by atoms with E-state index in [1.807, 2.05) is 18.2 Å². The Kier molecular flexibility index (Phi) is 5.32. The highest BCUT2D eigenvalue weighted by molar-refractivity contribution is 6.40. The first kappa shape index (κ1) is 20.5. The van der Waals surface area contributed by atoms with Gasteiger partial charge in [0.25, 0.3) is 11.5 Å². The second-order valence-corrected chi connectivity index (χ2v) is 7.96. The van der Waals surface area contributed by atoms with E-state index < -0.39 is 5.56 Å². The molecule has 0 aliphatic carbocycles. The number of carbonyl (C=O) groups is 1. The van der Waals surface area contributed by atoms with Crippen molar-refractivity contribution in [2.75, 3.05) is 5.01 Å². The zero-order chi connectivity index (χ0) is 21.6. The molecule has 0 atom stereocenters. The standard InChI is InChI=1S/C21H15Cl3N4O2/c1-11-15(20(29)27(25-11)14-6-4-3-5-7-14)10-16-12(2)26-28(21(16)30)19-17(23)8-13(22)9-18(19)24/h3-10,26H,1-2H3/b15-10-. The number of aromatic amines is 1. The summed E-state index contributed by atoms with van der Waals surface area (Å²) in [5.74, 6) is -0.312. The highest BCUT2D eigenvalue weighted by atomic mass is 35.5. The van der Waals surface area contributed by atoms with E-state index in [1.54, 1.807) is 26.0 Å². The summed E-state index contributed by atoms with van der Waals surface area (Å²) >= 11 is 18.5. The fourth-order valence-electron chi connectivity index (χ4n) is 3.21. The van der Waals surface area contributed by atoms with Gasteiger partial charge >= 0.3 is 0 Å². The minimum atomic E-state index is -0.398. The van der Waals surface area contributed by atoms with E-state index in [0.29, 0.717) is 33.3 Å². The number of hydrogen-bond acceptors (Lipinski definition) is 3. The van der Waals surface area contributed by atoms with Crippen molar-refractivity contribution >= 4 is 58.2 Å². The molecule has 0 saturated heterocycles. The Morgan fingerprint density at radius 3 is 2.27 bits per heavy atom. The Morgan fingerprint density at radius 1 is 1.00 bits per heavy atom. The molecule has 0 radical (unpaired) electrons. The van der Waals surface area contributed by atoms with Gasteiger partial charge in [0.2, 0.25) is 0 Å². The molecular weight excluding hydrogens is 447 g/mol. The van der Waals surface area contributed by atoms with Crippen LogP contribution in [0.2, 0.25) is 15.1 Å². The van der Waals surface area contributed by atoms with Gasteiger partial charge in [-0.1, -0.05) is 53.0 Å². The summed E-state index contributed by atoms with van der Waals surface area (Å²) in [4.78, 5) is 26.0. The molecule has 3 aromatic rings. The maximum atomic E-state index is 13.1. The average molecular weight is 462 g/mol. The van der Waals surface area contributed by atoms with Crippen molar-refractivity contribution in [1.29, 1.82) is 0 Å². The van der Waals surface area contributed by atoms with Gasteiger partial charge in [0.05, 0.1) is 32.6 Å². The SMILES string of the molecule is CC1=NN(c2ccccc2)C(=O)/C1=C\c1c(C)[nH]n(-c2c(Cl)cc(Cl)cc2Cl)c1=O. The van der Waals surface area contributed by atoms with Crippen LogP contribution in [-0.4, -0.2) is 21.4 Å². The molecule has 152 valence electrons. The van der Waals surface area contributed by atoms with Crippen molar-refractivity contribution in [2.45, 2.75) is 13.8 Å². The number of aromatic nitrogens is 2. The van der Waals surface area contributed by atoms with Crippen molar-refractivity contribution in [1.82, 2.24) is 9.78 Å². The Morgan fingerprint density at radius 2 is 1.63 bits per heavy atom. The van der Waals surface area contributed by atoms with E-state index in [2.05, 4.69) is 10.2 Å². The van der Waals surface area contributed by atoms with Gasteiger partial charge in [0.15, 0.2) is 0 Å². The number of nitrogens with zero attached hydrogens (tertiary/aromatic N) is 3. The molecule has 0 fully saturated rings. The normalized spacial score (nSPS) is 15.2. The zero-order valence-electron chi connectivity index (χ0n) is 15.9.